The lowest BCUT2D eigenvalue weighted by molar-refractivity contribution is -0.131. The van der Waals surface area contributed by atoms with Crippen LogP contribution in [0.4, 0.5) is 0 Å². The maximum atomic E-state index is 12.4. The molecule has 0 bridgehead atoms. The summed E-state index contributed by atoms with van der Waals surface area (Å²) in [6, 6.07) is -0.810. The summed E-state index contributed by atoms with van der Waals surface area (Å²) in [5.74, 6) is -0.512. The molecule has 0 aliphatic rings. The van der Waals surface area contributed by atoms with Crippen LogP contribution in [0.25, 0.3) is 0 Å². The van der Waals surface area contributed by atoms with E-state index in [4.69, 9.17) is 0 Å². The van der Waals surface area contributed by atoms with E-state index in [-0.39, 0.29) is 6.61 Å². The molecular formula is C43H83NO4. The Morgan fingerprint density at radius 2 is 0.854 bits per heavy atom. The van der Waals surface area contributed by atoms with Crippen molar-refractivity contribution in [2.24, 2.45) is 0 Å². The predicted octanol–water partition coefficient (Wildman–Crippen LogP) is 11.8. The van der Waals surface area contributed by atoms with Crippen LogP contribution in [-0.2, 0) is 4.79 Å². The lowest BCUT2D eigenvalue weighted by atomic mass is 10.0. The third-order valence-electron chi connectivity index (χ3n) is 9.79. The van der Waals surface area contributed by atoms with Gasteiger partial charge in [0.15, 0.2) is 0 Å². The number of carbonyl (C=O) groups is 1. The summed E-state index contributed by atoms with van der Waals surface area (Å²) in [5, 5.41) is 33.0. The second kappa shape index (κ2) is 38.6. The van der Waals surface area contributed by atoms with Gasteiger partial charge in [0.1, 0.15) is 6.10 Å². The molecule has 48 heavy (non-hydrogen) atoms. The summed E-state index contributed by atoms with van der Waals surface area (Å²) >= 11 is 0. The first-order chi connectivity index (χ1) is 23.6. The van der Waals surface area contributed by atoms with E-state index in [1.54, 1.807) is 6.08 Å². The van der Waals surface area contributed by atoms with Gasteiger partial charge >= 0.3 is 0 Å². The second-order valence-corrected chi connectivity index (χ2v) is 14.6. The van der Waals surface area contributed by atoms with Gasteiger partial charge in [-0.1, -0.05) is 212 Å². The molecule has 0 aliphatic heterocycles. The molecule has 0 spiro atoms. The predicted molar refractivity (Wildman–Crippen MR) is 208 cm³/mol. The molecule has 5 heteroatoms. The summed E-state index contributed by atoms with van der Waals surface area (Å²) in [7, 11) is 0. The number of nitrogens with one attached hydrogen (secondary N) is 1. The molecular weight excluding hydrogens is 594 g/mol. The fourth-order valence-corrected chi connectivity index (χ4v) is 6.44. The summed E-state index contributed by atoms with van der Waals surface area (Å²) in [4.78, 5) is 12.4. The summed E-state index contributed by atoms with van der Waals surface area (Å²) in [6.07, 6.45) is 46.4. The lowest BCUT2D eigenvalue weighted by Gasteiger charge is -2.21. The van der Waals surface area contributed by atoms with Gasteiger partial charge in [-0.05, 0) is 32.1 Å². The van der Waals surface area contributed by atoms with Crippen molar-refractivity contribution >= 4 is 5.91 Å². The van der Waals surface area contributed by atoms with Gasteiger partial charge < -0.3 is 20.6 Å². The van der Waals surface area contributed by atoms with Gasteiger partial charge in [0.2, 0.25) is 5.91 Å². The fraction of sp³-hybridized carbons (Fsp3) is 0.884. The molecule has 4 N–H and O–H groups in total. The van der Waals surface area contributed by atoms with Gasteiger partial charge in [0, 0.05) is 0 Å². The number of unbranched alkanes of at least 4 members (excludes halogenated alkanes) is 28. The van der Waals surface area contributed by atoms with Crippen LogP contribution >= 0.6 is 0 Å². The zero-order valence-electron chi connectivity index (χ0n) is 32.1. The van der Waals surface area contributed by atoms with E-state index in [1.807, 2.05) is 6.08 Å². The standard InChI is InChI=1S/C43H83NO4/c1-3-5-7-9-11-13-15-17-18-19-20-21-22-23-24-26-27-29-31-33-35-37-41(46)40(39-45)44-43(48)42(47)38-36-34-32-30-28-25-16-14-12-10-8-6-4-2/h27,29,35,37,40-42,45-47H,3-26,28,30-34,36,38-39H2,1-2H3,(H,44,48)/b29-27+,37-35+. The van der Waals surface area contributed by atoms with Crippen molar-refractivity contribution in [3.63, 3.8) is 0 Å². The molecule has 0 aliphatic carbocycles. The van der Waals surface area contributed by atoms with Crippen molar-refractivity contribution in [1.82, 2.24) is 5.32 Å². The quantitative estimate of drug-likeness (QED) is 0.0387. The highest BCUT2D eigenvalue weighted by Gasteiger charge is 2.22. The largest absolute Gasteiger partial charge is 0.394 e. The van der Waals surface area contributed by atoms with Crippen LogP contribution in [0.1, 0.15) is 219 Å². The SMILES string of the molecule is CCCCCCCCCCCCCCCCC/C=C/CC/C=C/C(O)C(CO)NC(=O)C(O)CCCCCCCCCCCCCCC. The Kier molecular flexibility index (Phi) is 37.7. The van der Waals surface area contributed by atoms with Crippen LogP contribution in [0, 0.1) is 0 Å². The van der Waals surface area contributed by atoms with Gasteiger partial charge in [-0.15, -0.1) is 0 Å². The highest BCUT2D eigenvalue weighted by atomic mass is 16.3. The summed E-state index contributed by atoms with van der Waals surface area (Å²) in [6.45, 7) is 4.17. The topological polar surface area (TPSA) is 89.8 Å². The van der Waals surface area contributed by atoms with Gasteiger partial charge in [0.05, 0.1) is 18.8 Å². The summed E-state index contributed by atoms with van der Waals surface area (Å²) < 4.78 is 0. The van der Waals surface area contributed by atoms with Gasteiger partial charge in [-0.2, -0.15) is 0 Å². The molecule has 3 unspecified atom stereocenters. The van der Waals surface area contributed by atoms with Gasteiger partial charge in [-0.3, -0.25) is 4.79 Å². The third-order valence-corrected chi connectivity index (χ3v) is 9.79. The zero-order valence-corrected chi connectivity index (χ0v) is 32.1. The van der Waals surface area contributed by atoms with Crippen molar-refractivity contribution < 1.29 is 20.1 Å². The molecule has 0 aromatic heterocycles. The smallest absolute Gasteiger partial charge is 0.249 e. The van der Waals surface area contributed by atoms with E-state index >= 15 is 0 Å². The normalized spacial score (nSPS) is 13.9. The molecule has 5 nitrogen and oxygen atoms in total. The average molecular weight is 678 g/mol. The molecule has 0 heterocycles. The minimum Gasteiger partial charge on any atom is -0.394 e. The van der Waals surface area contributed by atoms with Crippen LogP contribution in [0.5, 0.6) is 0 Å². The minimum atomic E-state index is -1.10. The number of aliphatic hydroxyl groups excluding tert-OH is 3. The molecule has 0 saturated carbocycles. The minimum absolute atomic E-state index is 0.373. The first-order valence-electron chi connectivity index (χ1n) is 21.2. The Bertz CT molecular complexity index is 709. The van der Waals surface area contributed by atoms with Crippen molar-refractivity contribution in [3.05, 3.63) is 24.3 Å². The molecule has 0 fully saturated rings. The van der Waals surface area contributed by atoms with E-state index in [1.165, 1.54) is 161 Å². The third kappa shape index (κ3) is 33.3. The van der Waals surface area contributed by atoms with Crippen LogP contribution in [0.2, 0.25) is 0 Å². The van der Waals surface area contributed by atoms with Crippen molar-refractivity contribution in [2.75, 3.05) is 6.61 Å². The Morgan fingerprint density at radius 1 is 0.500 bits per heavy atom. The molecule has 1 amide bonds. The van der Waals surface area contributed by atoms with Crippen molar-refractivity contribution in [1.29, 1.82) is 0 Å². The van der Waals surface area contributed by atoms with E-state index in [0.717, 1.165) is 38.5 Å². The van der Waals surface area contributed by atoms with Crippen molar-refractivity contribution in [3.8, 4) is 0 Å². The number of rotatable bonds is 38. The highest BCUT2D eigenvalue weighted by Crippen LogP contribution is 2.15. The molecule has 3 atom stereocenters. The monoisotopic (exact) mass is 678 g/mol. The maximum absolute atomic E-state index is 12.4. The molecule has 0 saturated heterocycles. The van der Waals surface area contributed by atoms with E-state index in [2.05, 4.69) is 31.3 Å². The average Bonchev–Trinajstić information content (AvgIpc) is 3.09. The fourth-order valence-electron chi connectivity index (χ4n) is 6.44. The first-order valence-corrected chi connectivity index (χ1v) is 21.2. The van der Waals surface area contributed by atoms with Crippen LogP contribution in [0.3, 0.4) is 0 Å². The molecule has 284 valence electrons. The van der Waals surface area contributed by atoms with Crippen LogP contribution in [0.15, 0.2) is 24.3 Å². The van der Waals surface area contributed by atoms with Crippen molar-refractivity contribution in [2.45, 2.75) is 238 Å². The Labute approximate surface area is 299 Å². The van der Waals surface area contributed by atoms with Gasteiger partial charge in [-0.25, -0.2) is 0 Å². The Morgan fingerprint density at radius 3 is 1.27 bits per heavy atom. The molecule has 0 aromatic carbocycles. The lowest BCUT2D eigenvalue weighted by Crippen LogP contribution is -2.48. The zero-order chi connectivity index (χ0) is 35.2. The number of carbonyl (C=O) groups excluding carboxylic acids is 1. The van der Waals surface area contributed by atoms with E-state index < -0.39 is 24.2 Å². The Balaban J connectivity index is 3.71. The maximum Gasteiger partial charge on any atom is 0.249 e. The number of aliphatic hydroxyl groups is 3. The highest BCUT2D eigenvalue weighted by molar-refractivity contribution is 5.80. The Hall–Kier alpha value is -1.17. The van der Waals surface area contributed by atoms with E-state index in [9.17, 15) is 20.1 Å². The molecule has 0 rings (SSSR count). The second-order valence-electron chi connectivity index (χ2n) is 14.6. The van der Waals surface area contributed by atoms with E-state index in [0.29, 0.717) is 6.42 Å². The van der Waals surface area contributed by atoms with Gasteiger partial charge in [0.25, 0.3) is 0 Å². The first kappa shape index (κ1) is 46.8. The molecule has 0 aromatic rings. The van der Waals surface area contributed by atoms with Crippen LogP contribution in [-0.4, -0.2) is 46.1 Å². The van der Waals surface area contributed by atoms with Crippen LogP contribution < -0.4 is 5.32 Å². The number of amides is 1. The number of hydrogen-bond donors (Lipinski definition) is 4. The number of allylic oxidation sites excluding steroid dienone is 3. The molecule has 0 radical (unpaired) electrons. The summed E-state index contributed by atoms with van der Waals surface area (Å²) in [5.41, 5.74) is 0. The number of hydrogen-bond acceptors (Lipinski definition) is 4.